The van der Waals surface area contributed by atoms with Gasteiger partial charge in [0, 0.05) is 12.6 Å². The number of hydrogen-bond acceptors (Lipinski definition) is 6. The van der Waals surface area contributed by atoms with Crippen LogP contribution >= 0.6 is 0 Å². The van der Waals surface area contributed by atoms with Crippen LogP contribution in [0.5, 0.6) is 17.2 Å². The fraction of sp³-hybridized carbons (Fsp3) is 0.348. The number of aryl methyl sites for hydroxylation is 1. The second kappa shape index (κ2) is 9.97. The Morgan fingerprint density at radius 1 is 1.13 bits per heavy atom. The zero-order valence-electron chi connectivity index (χ0n) is 18.2. The van der Waals surface area contributed by atoms with Crippen molar-refractivity contribution < 1.29 is 19.0 Å². The largest absolute Gasteiger partial charge is 0.493 e. The number of fused-ring (bicyclic) bond motifs is 1. The number of rotatable bonds is 9. The van der Waals surface area contributed by atoms with Gasteiger partial charge in [0.15, 0.2) is 11.5 Å². The zero-order valence-corrected chi connectivity index (χ0v) is 18.2. The first-order valence-electron chi connectivity index (χ1n) is 10.1. The van der Waals surface area contributed by atoms with E-state index in [1.165, 1.54) is 14.2 Å². The van der Waals surface area contributed by atoms with Gasteiger partial charge < -0.3 is 24.1 Å². The number of nitrogens with zero attached hydrogens (tertiary/aromatic N) is 2. The quantitative estimate of drug-likeness (QED) is 0.566. The van der Waals surface area contributed by atoms with Crippen LogP contribution in [0, 0.1) is 6.92 Å². The minimum absolute atomic E-state index is 0.0785. The van der Waals surface area contributed by atoms with Crippen molar-refractivity contribution in [2.24, 2.45) is 0 Å². The van der Waals surface area contributed by atoms with Crippen molar-refractivity contribution >= 4 is 16.8 Å². The summed E-state index contributed by atoms with van der Waals surface area (Å²) < 4.78 is 16.2. The second-order valence-electron chi connectivity index (χ2n) is 7.06. The van der Waals surface area contributed by atoms with Gasteiger partial charge in [-0.1, -0.05) is 12.1 Å². The Balaban J connectivity index is 1.71. The molecule has 0 saturated heterocycles. The first-order chi connectivity index (χ1) is 14.9. The van der Waals surface area contributed by atoms with Gasteiger partial charge in [-0.15, -0.1) is 0 Å². The molecule has 1 heterocycles. The number of methoxy groups -OCH3 is 2. The van der Waals surface area contributed by atoms with Gasteiger partial charge in [-0.2, -0.15) is 0 Å². The van der Waals surface area contributed by atoms with Crippen LogP contribution in [0.4, 0.5) is 0 Å². The van der Waals surface area contributed by atoms with Gasteiger partial charge in [0.05, 0.1) is 44.7 Å². The summed E-state index contributed by atoms with van der Waals surface area (Å²) in [6.45, 7) is 4.82. The van der Waals surface area contributed by atoms with Crippen LogP contribution in [-0.4, -0.2) is 48.1 Å². The first-order valence-corrected chi connectivity index (χ1v) is 10.1. The normalized spacial score (nSPS) is 10.7. The molecule has 8 nitrogen and oxygen atoms in total. The number of benzene rings is 2. The van der Waals surface area contributed by atoms with Crippen LogP contribution in [0.15, 0.2) is 41.2 Å². The maximum absolute atomic E-state index is 12.7. The van der Waals surface area contributed by atoms with E-state index in [1.807, 2.05) is 38.1 Å². The fourth-order valence-electron chi connectivity index (χ4n) is 3.27. The van der Waals surface area contributed by atoms with Crippen molar-refractivity contribution in [3.8, 4) is 17.2 Å². The molecular weight excluding hydrogens is 398 g/mol. The molecule has 1 amide bonds. The molecule has 0 radical (unpaired) electrons. The van der Waals surface area contributed by atoms with Gasteiger partial charge in [0.2, 0.25) is 5.91 Å². The first kappa shape index (κ1) is 22.1. The van der Waals surface area contributed by atoms with Crippen LogP contribution < -0.4 is 19.8 Å². The van der Waals surface area contributed by atoms with E-state index in [0.29, 0.717) is 34.8 Å². The van der Waals surface area contributed by atoms with Crippen LogP contribution in [-0.2, 0) is 11.3 Å². The molecule has 0 aliphatic rings. The summed E-state index contributed by atoms with van der Waals surface area (Å²) in [4.78, 5) is 34.1. The number of hydrogen-bond donors (Lipinski definition) is 1. The fourth-order valence-corrected chi connectivity index (χ4v) is 3.27. The third kappa shape index (κ3) is 5.33. The molecule has 1 N–H and O–H groups in total. The van der Waals surface area contributed by atoms with E-state index in [0.717, 1.165) is 11.3 Å². The number of nitrogens with one attached hydrogen (secondary N) is 1. The number of aromatic amines is 1. The molecule has 2 aromatic carbocycles. The Kier molecular flexibility index (Phi) is 7.12. The predicted molar refractivity (Wildman–Crippen MR) is 118 cm³/mol. The lowest BCUT2D eigenvalue weighted by Crippen LogP contribution is -2.32. The molecule has 0 bridgehead atoms. The number of ether oxygens (including phenoxy) is 3. The highest BCUT2D eigenvalue weighted by Crippen LogP contribution is 2.29. The summed E-state index contributed by atoms with van der Waals surface area (Å²) in [7, 11) is 3.03. The number of carbonyl (C=O) groups is 1. The van der Waals surface area contributed by atoms with Crippen LogP contribution in [0.3, 0.4) is 0 Å². The van der Waals surface area contributed by atoms with E-state index in [4.69, 9.17) is 14.2 Å². The number of carbonyl (C=O) groups excluding carboxylic acids is 1. The molecule has 31 heavy (non-hydrogen) atoms. The molecule has 0 aliphatic carbocycles. The smallest absolute Gasteiger partial charge is 0.258 e. The van der Waals surface area contributed by atoms with Gasteiger partial charge in [-0.3, -0.25) is 9.59 Å². The highest BCUT2D eigenvalue weighted by molar-refractivity contribution is 5.82. The van der Waals surface area contributed by atoms with Gasteiger partial charge in [-0.25, -0.2) is 4.98 Å². The molecule has 164 valence electrons. The molecule has 0 fully saturated rings. The summed E-state index contributed by atoms with van der Waals surface area (Å²) in [5, 5.41) is 0.391. The maximum atomic E-state index is 12.7. The minimum Gasteiger partial charge on any atom is -0.493 e. The Morgan fingerprint density at radius 2 is 1.87 bits per heavy atom. The van der Waals surface area contributed by atoms with Crippen molar-refractivity contribution in [1.82, 2.24) is 14.9 Å². The van der Waals surface area contributed by atoms with E-state index >= 15 is 0 Å². The van der Waals surface area contributed by atoms with E-state index in [9.17, 15) is 9.59 Å². The molecule has 3 aromatic rings. The van der Waals surface area contributed by atoms with E-state index < -0.39 is 0 Å². The molecule has 3 rings (SSSR count). The summed E-state index contributed by atoms with van der Waals surface area (Å²) in [6.07, 6.45) is 0.227. The Bertz CT molecular complexity index is 1130. The lowest BCUT2D eigenvalue weighted by Gasteiger charge is -2.20. The zero-order chi connectivity index (χ0) is 22.4. The van der Waals surface area contributed by atoms with E-state index in [-0.39, 0.29) is 31.0 Å². The van der Waals surface area contributed by atoms with Crippen molar-refractivity contribution in [3.05, 3.63) is 58.1 Å². The lowest BCUT2D eigenvalue weighted by atomic mass is 10.2. The second-order valence-corrected chi connectivity index (χ2v) is 7.06. The molecule has 0 unspecified atom stereocenters. The Labute approximate surface area is 180 Å². The third-order valence-corrected chi connectivity index (χ3v) is 4.91. The molecule has 1 aromatic heterocycles. The van der Waals surface area contributed by atoms with Crippen LogP contribution in [0.25, 0.3) is 10.9 Å². The average molecular weight is 425 g/mol. The SMILES string of the molecule is CCN(Cc1nc2cc(OC)c(OC)cc2c(=O)[nH]1)C(=O)CCOc1cccc(C)c1. The minimum atomic E-state index is -0.299. The molecule has 0 atom stereocenters. The summed E-state index contributed by atoms with van der Waals surface area (Å²) in [5.74, 6) is 2.00. The monoisotopic (exact) mass is 425 g/mol. The van der Waals surface area contributed by atoms with Gasteiger partial charge in [0.25, 0.3) is 5.56 Å². The molecule has 8 heteroatoms. The van der Waals surface area contributed by atoms with E-state index in [2.05, 4.69) is 9.97 Å². The number of amides is 1. The third-order valence-electron chi connectivity index (χ3n) is 4.91. The maximum Gasteiger partial charge on any atom is 0.258 e. The van der Waals surface area contributed by atoms with E-state index in [1.54, 1.807) is 17.0 Å². The number of aromatic nitrogens is 2. The van der Waals surface area contributed by atoms with Crippen molar-refractivity contribution in [2.75, 3.05) is 27.4 Å². The summed E-state index contributed by atoms with van der Waals surface area (Å²) >= 11 is 0. The molecule has 0 spiro atoms. The van der Waals surface area contributed by atoms with Crippen molar-refractivity contribution in [2.45, 2.75) is 26.8 Å². The Morgan fingerprint density at radius 3 is 2.55 bits per heavy atom. The summed E-state index contributed by atoms with van der Waals surface area (Å²) in [5.41, 5.74) is 1.27. The predicted octanol–water partition coefficient (Wildman–Crippen LogP) is 3.07. The standard InChI is InChI=1S/C23H27N3O5/c1-5-26(22(27)9-10-31-16-8-6-7-15(2)11-16)14-21-24-18-13-20(30-4)19(29-3)12-17(18)23(28)25-21/h6-8,11-13H,5,9-10,14H2,1-4H3,(H,24,25,28). The van der Waals surface area contributed by atoms with Crippen LogP contribution in [0.2, 0.25) is 0 Å². The molecule has 0 saturated carbocycles. The van der Waals surface area contributed by atoms with Gasteiger partial charge in [-0.05, 0) is 37.6 Å². The van der Waals surface area contributed by atoms with Gasteiger partial charge >= 0.3 is 0 Å². The topological polar surface area (TPSA) is 93.8 Å². The van der Waals surface area contributed by atoms with Gasteiger partial charge in [0.1, 0.15) is 11.6 Å². The lowest BCUT2D eigenvalue weighted by molar-refractivity contribution is -0.132. The Hall–Kier alpha value is -3.55. The highest BCUT2D eigenvalue weighted by Gasteiger charge is 2.16. The molecular formula is C23H27N3O5. The number of H-pyrrole nitrogens is 1. The van der Waals surface area contributed by atoms with Crippen molar-refractivity contribution in [3.63, 3.8) is 0 Å². The summed E-state index contributed by atoms with van der Waals surface area (Å²) in [6, 6.07) is 10.9. The highest BCUT2D eigenvalue weighted by atomic mass is 16.5. The van der Waals surface area contributed by atoms with Crippen LogP contribution in [0.1, 0.15) is 24.7 Å². The van der Waals surface area contributed by atoms with Crippen molar-refractivity contribution in [1.29, 1.82) is 0 Å². The average Bonchev–Trinajstić information content (AvgIpc) is 2.76. The molecule has 0 aliphatic heterocycles.